The Morgan fingerprint density at radius 3 is 2.58 bits per heavy atom. The molecule has 0 aromatic heterocycles. The van der Waals surface area contributed by atoms with Gasteiger partial charge in [0.1, 0.15) is 0 Å². The molecule has 1 unspecified atom stereocenters. The van der Waals surface area contributed by atoms with Gasteiger partial charge in [-0.3, -0.25) is 4.79 Å². The lowest BCUT2D eigenvalue weighted by atomic mass is 10.0. The molecule has 0 aliphatic heterocycles. The lowest BCUT2D eigenvalue weighted by Crippen LogP contribution is -1.94. The number of benzene rings is 1. The molecule has 0 fully saturated rings. The van der Waals surface area contributed by atoms with Crippen molar-refractivity contribution < 1.29 is 4.79 Å². The van der Waals surface area contributed by atoms with Crippen molar-refractivity contribution in [3.05, 3.63) is 33.8 Å². The third-order valence-corrected chi connectivity index (χ3v) is 2.17. The molecule has 0 aliphatic carbocycles. The first-order valence-electron chi connectivity index (χ1n) is 3.47. The molecule has 0 amide bonds. The zero-order valence-corrected chi connectivity index (χ0v) is 7.99. The minimum absolute atomic E-state index is 0.297. The Morgan fingerprint density at radius 1 is 1.42 bits per heavy atom. The lowest BCUT2D eigenvalue weighted by Gasteiger charge is -2.05. The van der Waals surface area contributed by atoms with Crippen molar-refractivity contribution in [1.29, 1.82) is 0 Å². The molecule has 0 N–H and O–H groups in total. The lowest BCUT2D eigenvalue weighted by molar-refractivity contribution is 0.546. The predicted molar refractivity (Wildman–Crippen MR) is 50.6 cm³/mol. The molecule has 1 rings (SSSR count). The van der Waals surface area contributed by atoms with E-state index in [9.17, 15) is 4.79 Å². The summed E-state index contributed by atoms with van der Waals surface area (Å²) in [7, 11) is 0. The van der Waals surface area contributed by atoms with Gasteiger partial charge < -0.3 is 0 Å². The molecule has 12 heavy (non-hydrogen) atoms. The molecule has 0 saturated heterocycles. The Kier molecular flexibility index (Phi) is 3.12. The molecule has 1 atom stereocenters. The summed E-state index contributed by atoms with van der Waals surface area (Å²) in [5.74, 6) is -0.297. The minimum atomic E-state index is -0.297. The molecule has 3 heteroatoms. The third-order valence-electron chi connectivity index (χ3n) is 1.61. The van der Waals surface area contributed by atoms with Crippen LogP contribution in [0.3, 0.4) is 0 Å². The van der Waals surface area contributed by atoms with Gasteiger partial charge in [0.05, 0.1) is 0 Å². The number of carbonyl (C=O) groups excluding carboxylic acids is 1. The average Bonchev–Trinajstić information content (AvgIpc) is 2.03. The van der Waals surface area contributed by atoms with Gasteiger partial charge in [-0.05, 0) is 17.7 Å². The maximum Gasteiger partial charge on any atom is 0.206 e. The van der Waals surface area contributed by atoms with Gasteiger partial charge in [-0.1, -0.05) is 36.2 Å². The Morgan fingerprint density at radius 2 is 2.08 bits per heavy atom. The van der Waals surface area contributed by atoms with E-state index in [4.69, 9.17) is 23.2 Å². The van der Waals surface area contributed by atoms with E-state index in [-0.39, 0.29) is 5.92 Å². The molecule has 0 aliphatic rings. The van der Waals surface area contributed by atoms with Crippen molar-refractivity contribution in [2.75, 3.05) is 0 Å². The number of halogens is 2. The molecule has 1 aromatic carbocycles. The first-order chi connectivity index (χ1) is 5.65. The van der Waals surface area contributed by atoms with E-state index in [2.05, 4.69) is 0 Å². The van der Waals surface area contributed by atoms with Crippen LogP contribution >= 0.6 is 23.2 Å². The van der Waals surface area contributed by atoms with Gasteiger partial charge >= 0.3 is 0 Å². The van der Waals surface area contributed by atoms with Crippen molar-refractivity contribution in [3.8, 4) is 0 Å². The standard InChI is InChI=1S/C9H7Cl2O/c1-6(5-12)8-3-2-7(10)4-9(8)11/h2-4,6H,1H3. The van der Waals surface area contributed by atoms with E-state index in [0.717, 1.165) is 5.56 Å². The maximum atomic E-state index is 10.3. The van der Waals surface area contributed by atoms with E-state index < -0.39 is 0 Å². The van der Waals surface area contributed by atoms with Gasteiger partial charge in [0, 0.05) is 16.0 Å². The molecule has 0 bridgehead atoms. The largest absolute Gasteiger partial charge is 0.290 e. The maximum absolute atomic E-state index is 10.3. The SMILES string of the molecule is CC([C]=O)c1ccc(Cl)cc1Cl. The van der Waals surface area contributed by atoms with E-state index in [1.54, 1.807) is 25.1 Å². The fraction of sp³-hybridized carbons (Fsp3) is 0.222. The van der Waals surface area contributed by atoms with Crippen molar-refractivity contribution in [2.24, 2.45) is 0 Å². The van der Waals surface area contributed by atoms with Crippen molar-refractivity contribution in [1.82, 2.24) is 0 Å². The van der Waals surface area contributed by atoms with Gasteiger partial charge in [0.15, 0.2) is 0 Å². The first-order valence-corrected chi connectivity index (χ1v) is 4.23. The van der Waals surface area contributed by atoms with Crippen molar-refractivity contribution >= 4 is 29.5 Å². The summed E-state index contributed by atoms with van der Waals surface area (Å²) in [6, 6.07) is 5.06. The third kappa shape index (κ3) is 1.99. The first kappa shape index (κ1) is 9.56. The van der Waals surface area contributed by atoms with Crippen LogP contribution in [0.2, 0.25) is 10.0 Å². The topological polar surface area (TPSA) is 17.1 Å². The number of rotatable bonds is 2. The number of hydrogen-bond acceptors (Lipinski definition) is 1. The molecule has 0 heterocycles. The second kappa shape index (κ2) is 3.92. The molecule has 0 saturated carbocycles. The molecule has 1 nitrogen and oxygen atoms in total. The second-order valence-electron chi connectivity index (χ2n) is 2.51. The highest BCUT2D eigenvalue weighted by atomic mass is 35.5. The zero-order chi connectivity index (χ0) is 9.14. The van der Waals surface area contributed by atoms with Crippen LogP contribution < -0.4 is 0 Å². The highest BCUT2D eigenvalue weighted by Crippen LogP contribution is 2.25. The van der Waals surface area contributed by atoms with Crippen molar-refractivity contribution in [3.63, 3.8) is 0 Å². The highest BCUT2D eigenvalue weighted by molar-refractivity contribution is 6.35. The van der Waals surface area contributed by atoms with E-state index in [0.29, 0.717) is 10.0 Å². The fourth-order valence-corrected chi connectivity index (χ4v) is 1.49. The zero-order valence-electron chi connectivity index (χ0n) is 6.47. The van der Waals surface area contributed by atoms with Crippen molar-refractivity contribution in [2.45, 2.75) is 12.8 Å². The van der Waals surface area contributed by atoms with Gasteiger partial charge in [-0.25, -0.2) is 0 Å². The normalized spacial score (nSPS) is 12.6. The molecule has 63 valence electrons. The van der Waals surface area contributed by atoms with Gasteiger partial charge in [-0.15, -0.1) is 0 Å². The summed E-state index contributed by atoms with van der Waals surface area (Å²) < 4.78 is 0. The van der Waals surface area contributed by atoms with Gasteiger partial charge in [0.2, 0.25) is 6.29 Å². The van der Waals surface area contributed by atoms with Gasteiger partial charge in [0.25, 0.3) is 0 Å². The van der Waals surface area contributed by atoms with Crippen LogP contribution in [0.15, 0.2) is 18.2 Å². The Balaban J connectivity index is 3.09. The molecule has 0 spiro atoms. The Labute approximate surface area is 81.3 Å². The Hall–Kier alpha value is -0.530. The molecule has 1 aromatic rings. The van der Waals surface area contributed by atoms with Crippen LogP contribution in [0, 0.1) is 0 Å². The smallest absolute Gasteiger partial charge is 0.206 e. The van der Waals surface area contributed by atoms with Crippen LogP contribution in [0.1, 0.15) is 18.4 Å². The average molecular weight is 202 g/mol. The van der Waals surface area contributed by atoms with E-state index in [1.165, 1.54) is 0 Å². The molecular formula is C9H7Cl2O. The van der Waals surface area contributed by atoms with Crippen LogP contribution in [-0.4, -0.2) is 6.29 Å². The summed E-state index contributed by atoms with van der Waals surface area (Å²) in [5, 5.41) is 1.08. The minimum Gasteiger partial charge on any atom is -0.290 e. The van der Waals surface area contributed by atoms with E-state index in [1.807, 2.05) is 6.29 Å². The Bertz CT molecular complexity index is 297. The summed E-state index contributed by atoms with van der Waals surface area (Å²) >= 11 is 11.5. The quantitative estimate of drug-likeness (QED) is 0.719. The summed E-state index contributed by atoms with van der Waals surface area (Å²) in [6.45, 7) is 1.74. The second-order valence-corrected chi connectivity index (χ2v) is 3.35. The molecule has 1 radical (unpaired) electrons. The van der Waals surface area contributed by atoms with E-state index >= 15 is 0 Å². The molecular weight excluding hydrogens is 195 g/mol. The fourth-order valence-electron chi connectivity index (χ4n) is 0.916. The summed E-state index contributed by atoms with van der Waals surface area (Å²) in [6.07, 6.45) is 1.86. The predicted octanol–water partition coefficient (Wildman–Crippen LogP) is 3.21. The number of hydrogen-bond donors (Lipinski definition) is 0. The monoisotopic (exact) mass is 201 g/mol. The van der Waals surface area contributed by atoms with Gasteiger partial charge in [-0.2, -0.15) is 0 Å². The summed E-state index contributed by atoms with van der Waals surface area (Å²) in [4.78, 5) is 10.3. The summed E-state index contributed by atoms with van der Waals surface area (Å²) in [5.41, 5.74) is 0.760. The van der Waals surface area contributed by atoms with Crippen LogP contribution in [0.4, 0.5) is 0 Å². The van der Waals surface area contributed by atoms with Crippen LogP contribution in [0.5, 0.6) is 0 Å². The van der Waals surface area contributed by atoms with Crippen LogP contribution in [0.25, 0.3) is 0 Å². The highest BCUT2D eigenvalue weighted by Gasteiger charge is 2.08. The van der Waals surface area contributed by atoms with Crippen LogP contribution in [-0.2, 0) is 4.79 Å².